The predicted octanol–water partition coefficient (Wildman–Crippen LogP) is 4.55. The molecule has 0 atom stereocenters. The van der Waals surface area contributed by atoms with E-state index in [0.717, 1.165) is 27.2 Å². The van der Waals surface area contributed by atoms with E-state index < -0.39 is 23.1 Å². The molecule has 1 aromatic heterocycles. The number of rotatable bonds is 3. The highest BCUT2D eigenvalue weighted by Gasteiger charge is 2.18. The van der Waals surface area contributed by atoms with Gasteiger partial charge in [-0.3, -0.25) is 10.1 Å². The highest BCUT2D eigenvalue weighted by atomic mass is 32.2. The Hall–Kier alpha value is -1.99. The third-order valence-electron chi connectivity index (χ3n) is 3.01. The minimum Gasteiger partial charge on any atom is -0.298 e. The molecular weight excluding hydrogens is 326 g/mol. The van der Waals surface area contributed by atoms with E-state index in [9.17, 15) is 13.6 Å². The van der Waals surface area contributed by atoms with Gasteiger partial charge in [-0.05, 0) is 36.6 Å². The average molecular weight is 336 g/mol. The highest BCUT2D eigenvalue weighted by molar-refractivity contribution is 7.98. The number of halogens is 2. The molecule has 3 aromatic rings. The van der Waals surface area contributed by atoms with Gasteiger partial charge in [-0.25, -0.2) is 13.8 Å². The molecule has 0 radical (unpaired) electrons. The van der Waals surface area contributed by atoms with Crippen LogP contribution in [-0.2, 0) is 0 Å². The molecule has 0 aliphatic heterocycles. The number of nitrogens with zero attached hydrogens (tertiary/aromatic N) is 1. The number of amides is 1. The Morgan fingerprint density at radius 1 is 1.23 bits per heavy atom. The fourth-order valence-corrected chi connectivity index (χ4v) is 3.37. The Bertz CT molecular complexity index is 844. The van der Waals surface area contributed by atoms with Crippen LogP contribution in [-0.4, -0.2) is 17.1 Å². The molecule has 0 aliphatic carbocycles. The second-order valence-electron chi connectivity index (χ2n) is 4.40. The number of benzene rings is 2. The van der Waals surface area contributed by atoms with Gasteiger partial charge in [0.1, 0.15) is 17.2 Å². The summed E-state index contributed by atoms with van der Waals surface area (Å²) in [6, 6.07) is 9.02. The summed E-state index contributed by atoms with van der Waals surface area (Å²) in [6.45, 7) is 0. The minimum absolute atomic E-state index is 0.306. The van der Waals surface area contributed by atoms with Crippen molar-refractivity contribution in [1.82, 2.24) is 4.98 Å². The number of hydrogen-bond donors (Lipinski definition) is 1. The van der Waals surface area contributed by atoms with Crippen LogP contribution in [0.5, 0.6) is 0 Å². The summed E-state index contributed by atoms with van der Waals surface area (Å²) in [5.41, 5.74) is 0.124. The fourth-order valence-electron chi connectivity index (χ4n) is 1.96. The van der Waals surface area contributed by atoms with Crippen LogP contribution < -0.4 is 5.32 Å². The fraction of sp³-hybridized carbons (Fsp3) is 0.0667. The number of anilines is 1. The maximum atomic E-state index is 13.6. The molecular formula is C15H10F2N2OS2. The third kappa shape index (κ3) is 2.82. The van der Waals surface area contributed by atoms with E-state index >= 15 is 0 Å². The first kappa shape index (κ1) is 14.9. The Morgan fingerprint density at radius 3 is 2.64 bits per heavy atom. The monoisotopic (exact) mass is 336 g/mol. The van der Waals surface area contributed by atoms with Crippen molar-refractivity contribution in [1.29, 1.82) is 0 Å². The van der Waals surface area contributed by atoms with E-state index in [0.29, 0.717) is 5.13 Å². The van der Waals surface area contributed by atoms with Crippen molar-refractivity contribution in [2.45, 2.75) is 4.90 Å². The summed E-state index contributed by atoms with van der Waals surface area (Å²) in [5.74, 6) is -2.65. The molecule has 1 amide bonds. The molecule has 0 fully saturated rings. The van der Waals surface area contributed by atoms with Crippen LogP contribution in [0.1, 0.15) is 10.4 Å². The third-order valence-corrected chi connectivity index (χ3v) is 4.66. The van der Waals surface area contributed by atoms with Crippen molar-refractivity contribution in [2.24, 2.45) is 0 Å². The van der Waals surface area contributed by atoms with Crippen LogP contribution in [0.25, 0.3) is 10.2 Å². The topological polar surface area (TPSA) is 42.0 Å². The van der Waals surface area contributed by atoms with Crippen LogP contribution in [0.15, 0.2) is 41.3 Å². The molecule has 3 rings (SSSR count). The molecule has 3 nitrogen and oxygen atoms in total. The van der Waals surface area contributed by atoms with Gasteiger partial charge in [-0.15, -0.1) is 11.8 Å². The van der Waals surface area contributed by atoms with Crippen molar-refractivity contribution >= 4 is 44.4 Å². The molecule has 0 aliphatic rings. The largest absolute Gasteiger partial charge is 0.298 e. The molecule has 112 valence electrons. The van der Waals surface area contributed by atoms with E-state index in [4.69, 9.17) is 0 Å². The number of carbonyl (C=O) groups excluding carboxylic acids is 1. The normalized spacial score (nSPS) is 10.9. The standard InChI is InChI=1S/C15H10F2N2OS2/c1-21-8-5-6-11-12(7-8)22-15(18-11)19-14(20)13-9(16)3-2-4-10(13)17/h2-7H,1H3,(H,18,19,20). The Balaban J connectivity index is 1.91. The molecule has 0 spiro atoms. The summed E-state index contributed by atoms with van der Waals surface area (Å²) in [6.07, 6.45) is 1.96. The van der Waals surface area contributed by atoms with Crippen LogP contribution >= 0.6 is 23.1 Å². The van der Waals surface area contributed by atoms with Crippen molar-refractivity contribution < 1.29 is 13.6 Å². The van der Waals surface area contributed by atoms with Crippen molar-refractivity contribution in [3.8, 4) is 0 Å². The molecule has 7 heteroatoms. The summed E-state index contributed by atoms with van der Waals surface area (Å²) >= 11 is 2.86. The number of nitrogens with one attached hydrogen (secondary N) is 1. The number of carbonyl (C=O) groups is 1. The first-order valence-electron chi connectivity index (χ1n) is 6.28. The van der Waals surface area contributed by atoms with Crippen molar-refractivity contribution in [2.75, 3.05) is 11.6 Å². The van der Waals surface area contributed by atoms with Gasteiger partial charge >= 0.3 is 0 Å². The van der Waals surface area contributed by atoms with Crippen LogP contribution in [0, 0.1) is 11.6 Å². The number of thioether (sulfide) groups is 1. The zero-order chi connectivity index (χ0) is 15.7. The Labute approximate surface area is 133 Å². The molecule has 0 bridgehead atoms. The quantitative estimate of drug-likeness (QED) is 0.714. The maximum Gasteiger partial charge on any atom is 0.263 e. The van der Waals surface area contributed by atoms with Crippen LogP contribution in [0.3, 0.4) is 0 Å². The average Bonchev–Trinajstić information content (AvgIpc) is 2.87. The Morgan fingerprint density at radius 2 is 1.95 bits per heavy atom. The van der Waals surface area contributed by atoms with Gasteiger partial charge in [0.2, 0.25) is 0 Å². The van der Waals surface area contributed by atoms with E-state index in [1.165, 1.54) is 17.4 Å². The zero-order valence-corrected chi connectivity index (χ0v) is 13.0. The van der Waals surface area contributed by atoms with Crippen LogP contribution in [0.4, 0.5) is 13.9 Å². The van der Waals surface area contributed by atoms with Gasteiger partial charge in [0.15, 0.2) is 5.13 Å². The SMILES string of the molecule is CSc1ccc2nc(NC(=O)c3c(F)cccc3F)sc2c1. The van der Waals surface area contributed by atoms with Gasteiger partial charge in [0.25, 0.3) is 5.91 Å². The van der Waals surface area contributed by atoms with E-state index in [1.54, 1.807) is 11.8 Å². The van der Waals surface area contributed by atoms with E-state index in [2.05, 4.69) is 10.3 Å². The smallest absolute Gasteiger partial charge is 0.263 e. The van der Waals surface area contributed by atoms with Crippen LogP contribution in [0.2, 0.25) is 0 Å². The molecule has 0 saturated heterocycles. The predicted molar refractivity (Wildman–Crippen MR) is 85.7 cm³/mol. The molecule has 2 aromatic carbocycles. The lowest BCUT2D eigenvalue weighted by Crippen LogP contribution is -2.15. The first-order valence-corrected chi connectivity index (χ1v) is 8.32. The summed E-state index contributed by atoms with van der Waals surface area (Å²) < 4.78 is 28.1. The molecule has 22 heavy (non-hydrogen) atoms. The molecule has 1 heterocycles. The van der Waals surface area contributed by atoms with Gasteiger partial charge in [-0.1, -0.05) is 17.4 Å². The van der Waals surface area contributed by atoms with Gasteiger partial charge < -0.3 is 0 Å². The number of hydrogen-bond acceptors (Lipinski definition) is 4. The first-order chi connectivity index (χ1) is 10.6. The van der Waals surface area contributed by atoms with E-state index in [-0.39, 0.29) is 0 Å². The lowest BCUT2D eigenvalue weighted by molar-refractivity contribution is 0.101. The second kappa shape index (κ2) is 6.02. The lowest BCUT2D eigenvalue weighted by atomic mass is 10.2. The molecule has 1 N–H and O–H groups in total. The zero-order valence-electron chi connectivity index (χ0n) is 11.4. The minimum atomic E-state index is -0.900. The van der Waals surface area contributed by atoms with Crippen molar-refractivity contribution in [3.05, 3.63) is 53.6 Å². The number of fused-ring (bicyclic) bond motifs is 1. The lowest BCUT2D eigenvalue weighted by Gasteiger charge is -2.03. The highest BCUT2D eigenvalue weighted by Crippen LogP contribution is 2.29. The molecule has 0 saturated carbocycles. The second-order valence-corrected chi connectivity index (χ2v) is 6.31. The van der Waals surface area contributed by atoms with E-state index in [1.807, 2.05) is 24.5 Å². The summed E-state index contributed by atoms with van der Waals surface area (Å²) in [4.78, 5) is 17.4. The Kier molecular flexibility index (Phi) is 4.08. The number of thiazole rings is 1. The van der Waals surface area contributed by atoms with Gasteiger partial charge in [-0.2, -0.15) is 0 Å². The summed E-state index contributed by atoms with van der Waals surface area (Å²) in [5, 5.41) is 2.75. The van der Waals surface area contributed by atoms with Crippen molar-refractivity contribution in [3.63, 3.8) is 0 Å². The van der Waals surface area contributed by atoms with Gasteiger partial charge in [0.05, 0.1) is 10.2 Å². The van der Waals surface area contributed by atoms with Gasteiger partial charge in [0, 0.05) is 4.90 Å². The maximum absolute atomic E-state index is 13.6. The summed E-state index contributed by atoms with van der Waals surface area (Å²) in [7, 11) is 0. The molecule has 0 unspecified atom stereocenters. The number of aromatic nitrogens is 1.